The van der Waals surface area contributed by atoms with E-state index in [1.807, 2.05) is 13.0 Å². The number of allylic oxidation sites excluding steroid dienone is 7. The van der Waals surface area contributed by atoms with Gasteiger partial charge in [0, 0.05) is 0 Å². The van der Waals surface area contributed by atoms with Crippen molar-refractivity contribution in [3.8, 4) is 0 Å². The van der Waals surface area contributed by atoms with E-state index in [1.54, 1.807) is 0 Å². The fourth-order valence-electron chi connectivity index (χ4n) is 1.74. The molecule has 0 spiro atoms. The normalized spacial score (nSPS) is 13.9. The zero-order chi connectivity index (χ0) is 16.5. The molecule has 0 aromatic rings. The highest BCUT2D eigenvalue weighted by Gasteiger charge is 2.13. The van der Waals surface area contributed by atoms with Crippen molar-refractivity contribution in [3.63, 3.8) is 0 Å². The number of hydrogen-bond donors (Lipinski definition) is 1. The molecule has 1 N–H and O–H groups in total. The van der Waals surface area contributed by atoms with E-state index in [2.05, 4.69) is 49.5 Å². The van der Waals surface area contributed by atoms with Gasteiger partial charge in [-0.25, -0.2) is 4.79 Å². The van der Waals surface area contributed by atoms with E-state index in [9.17, 15) is 4.79 Å². The summed E-state index contributed by atoms with van der Waals surface area (Å²) in [4.78, 5) is 10.7. The Hall–Kier alpha value is -1.61. The van der Waals surface area contributed by atoms with Crippen LogP contribution in [-0.2, 0) is 9.53 Å². The summed E-state index contributed by atoms with van der Waals surface area (Å²) < 4.78 is 5.27. The van der Waals surface area contributed by atoms with Gasteiger partial charge in [0.15, 0.2) is 6.10 Å². The minimum Gasteiger partial charge on any atom is -0.479 e. The molecule has 1 atom stereocenters. The van der Waals surface area contributed by atoms with Crippen molar-refractivity contribution in [3.05, 3.63) is 48.6 Å². The molecule has 3 heteroatoms. The largest absolute Gasteiger partial charge is 0.479 e. The minimum absolute atomic E-state index is 0.457. The first kappa shape index (κ1) is 20.4. The van der Waals surface area contributed by atoms with Gasteiger partial charge in [-0.1, -0.05) is 62.5 Å². The van der Waals surface area contributed by atoms with Gasteiger partial charge in [0.2, 0.25) is 0 Å². The van der Waals surface area contributed by atoms with Gasteiger partial charge >= 0.3 is 5.97 Å². The molecule has 0 aliphatic rings. The summed E-state index contributed by atoms with van der Waals surface area (Å²) in [6.07, 6.45) is 21.7. The fourth-order valence-corrected chi connectivity index (χ4v) is 1.74. The van der Waals surface area contributed by atoms with Crippen LogP contribution in [0, 0.1) is 0 Å². The van der Waals surface area contributed by atoms with Crippen LogP contribution in [0.25, 0.3) is 0 Å². The monoisotopic (exact) mass is 306 g/mol. The zero-order valence-corrected chi connectivity index (χ0v) is 13.9. The molecule has 0 saturated heterocycles. The summed E-state index contributed by atoms with van der Waals surface area (Å²) in [5.41, 5.74) is 0. The van der Waals surface area contributed by atoms with Crippen molar-refractivity contribution < 1.29 is 14.6 Å². The predicted octanol–water partition coefficient (Wildman–Crippen LogP) is 5.06. The van der Waals surface area contributed by atoms with E-state index in [1.165, 1.54) is 0 Å². The third kappa shape index (κ3) is 13.4. The molecule has 3 nitrogen and oxygen atoms in total. The molecule has 0 fully saturated rings. The smallest absolute Gasteiger partial charge is 0.332 e. The Morgan fingerprint density at radius 3 is 1.86 bits per heavy atom. The number of carboxylic acids is 1. The maximum atomic E-state index is 10.7. The van der Waals surface area contributed by atoms with Crippen molar-refractivity contribution in [1.29, 1.82) is 0 Å². The number of aliphatic carboxylic acids is 1. The van der Waals surface area contributed by atoms with Crippen LogP contribution in [0.3, 0.4) is 0 Å². The minimum atomic E-state index is -0.882. The summed E-state index contributed by atoms with van der Waals surface area (Å²) in [6.45, 7) is 4.41. The van der Waals surface area contributed by atoms with Crippen molar-refractivity contribution in [1.82, 2.24) is 0 Å². The molecule has 0 aliphatic heterocycles. The second kappa shape index (κ2) is 15.8. The summed E-state index contributed by atoms with van der Waals surface area (Å²) in [6, 6.07) is 0. The lowest BCUT2D eigenvalue weighted by molar-refractivity contribution is -0.150. The lowest BCUT2D eigenvalue weighted by Crippen LogP contribution is -2.23. The SMILES string of the molecule is CC/C=C\C/C=C\C/C=C\C/C=C\CCOC(CC)C(=O)O. The maximum absolute atomic E-state index is 10.7. The molecule has 0 aromatic carbocycles. The highest BCUT2D eigenvalue weighted by Crippen LogP contribution is 2.00. The van der Waals surface area contributed by atoms with E-state index in [4.69, 9.17) is 9.84 Å². The number of ether oxygens (including phenoxy) is 1. The predicted molar refractivity (Wildman–Crippen MR) is 93.0 cm³/mol. The van der Waals surface area contributed by atoms with Crippen molar-refractivity contribution in [2.75, 3.05) is 6.61 Å². The number of carbonyl (C=O) groups is 1. The standard InChI is InChI=1S/C19H30O3/c1-3-5-6-7-8-9-10-11-12-13-14-15-16-17-22-18(4-2)19(20)21/h5-6,8-9,11-12,14-15,18H,3-4,7,10,13,16-17H2,1-2H3,(H,20,21)/b6-5-,9-8-,12-11-,15-14-. The van der Waals surface area contributed by atoms with Gasteiger partial charge < -0.3 is 9.84 Å². The van der Waals surface area contributed by atoms with Crippen LogP contribution in [0.4, 0.5) is 0 Å². The zero-order valence-electron chi connectivity index (χ0n) is 13.9. The third-order valence-electron chi connectivity index (χ3n) is 2.97. The molecule has 0 heterocycles. The Labute approximate surface area is 135 Å². The molecule has 1 unspecified atom stereocenters. The molecular weight excluding hydrogens is 276 g/mol. The molecule has 0 rings (SSSR count). The quantitative estimate of drug-likeness (QED) is 0.382. The highest BCUT2D eigenvalue weighted by atomic mass is 16.5. The molecule has 22 heavy (non-hydrogen) atoms. The maximum Gasteiger partial charge on any atom is 0.332 e. The first-order chi connectivity index (χ1) is 10.7. The Kier molecular flexibility index (Phi) is 14.6. The van der Waals surface area contributed by atoms with E-state index in [0.29, 0.717) is 13.0 Å². The van der Waals surface area contributed by atoms with Gasteiger partial charge in [-0.15, -0.1) is 0 Å². The lowest BCUT2D eigenvalue weighted by Gasteiger charge is -2.09. The van der Waals surface area contributed by atoms with Crippen LogP contribution in [0.15, 0.2) is 48.6 Å². The molecule has 0 bridgehead atoms. The molecule has 0 aliphatic carbocycles. The van der Waals surface area contributed by atoms with Crippen LogP contribution >= 0.6 is 0 Å². The molecule has 0 aromatic heterocycles. The first-order valence-electron chi connectivity index (χ1n) is 8.16. The number of carboxylic acid groups (broad SMARTS) is 1. The first-order valence-corrected chi connectivity index (χ1v) is 8.16. The van der Waals surface area contributed by atoms with Crippen molar-refractivity contribution in [2.24, 2.45) is 0 Å². The highest BCUT2D eigenvalue weighted by molar-refractivity contribution is 5.72. The van der Waals surface area contributed by atoms with Crippen LogP contribution in [0.1, 0.15) is 52.4 Å². The van der Waals surface area contributed by atoms with Crippen molar-refractivity contribution in [2.45, 2.75) is 58.5 Å². The van der Waals surface area contributed by atoms with Crippen LogP contribution in [-0.4, -0.2) is 23.8 Å². The van der Waals surface area contributed by atoms with E-state index >= 15 is 0 Å². The van der Waals surface area contributed by atoms with Crippen LogP contribution in [0.2, 0.25) is 0 Å². The summed E-state index contributed by atoms with van der Waals surface area (Å²) in [5.74, 6) is -0.882. The Morgan fingerprint density at radius 2 is 1.41 bits per heavy atom. The summed E-state index contributed by atoms with van der Waals surface area (Å²) in [7, 11) is 0. The van der Waals surface area contributed by atoms with E-state index < -0.39 is 12.1 Å². The molecule has 124 valence electrons. The van der Waals surface area contributed by atoms with Crippen LogP contribution in [0.5, 0.6) is 0 Å². The Bertz CT molecular complexity index is 378. The van der Waals surface area contributed by atoms with Gasteiger partial charge in [-0.3, -0.25) is 0 Å². The van der Waals surface area contributed by atoms with Gasteiger partial charge in [0.05, 0.1) is 6.61 Å². The van der Waals surface area contributed by atoms with E-state index in [-0.39, 0.29) is 0 Å². The third-order valence-corrected chi connectivity index (χ3v) is 2.97. The average molecular weight is 306 g/mol. The average Bonchev–Trinajstić information content (AvgIpc) is 2.51. The fraction of sp³-hybridized carbons (Fsp3) is 0.526. The Morgan fingerprint density at radius 1 is 0.909 bits per heavy atom. The van der Waals surface area contributed by atoms with Gasteiger partial charge in [-0.05, 0) is 38.5 Å². The summed E-state index contributed by atoms with van der Waals surface area (Å²) >= 11 is 0. The lowest BCUT2D eigenvalue weighted by atomic mass is 10.2. The molecule has 0 amide bonds. The van der Waals surface area contributed by atoms with Gasteiger partial charge in [0.25, 0.3) is 0 Å². The van der Waals surface area contributed by atoms with Crippen molar-refractivity contribution >= 4 is 5.97 Å². The van der Waals surface area contributed by atoms with Gasteiger partial charge in [-0.2, -0.15) is 0 Å². The van der Waals surface area contributed by atoms with E-state index in [0.717, 1.165) is 32.1 Å². The van der Waals surface area contributed by atoms with Gasteiger partial charge in [0.1, 0.15) is 0 Å². The molecule has 0 saturated carbocycles. The second-order valence-electron chi connectivity index (χ2n) is 4.90. The Balaban J connectivity index is 3.56. The number of hydrogen-bond acceptors (Lipinski definition) is 2. The summed E-state index contributed by atoms with van der Waals surface area (Å²) in [5, 5.41) is 8.82. The number of rotatable bonds is 13. The molecular formula is C19H30O3. The molecule has 0 radical (unpaired) electrons. The second-order valence-corrected chi connectivity index (χ2v) is 4.90. The van der Waals surface area contributed by atoms with Crippen LogP contribution < -0.4 is 0 Å². The topological polar surface area (TPSA) is 46.5 Å².